The van der Waals surface area contributed by atoms with Crippen molar-refractivity contribution in [2.24, 2.45) is 0 Å². The lowest BCUT2D eigenvalue weighted by atomic mass is 10.2. The van der Waals surface area contributed by atoms with E-state index in [-0.39, 0.29) is 22.9 Å². The molecule has 8 heteroatoms. The number of halogens is 1. The third-order valence-corrected chi connectivity index (χ3v) is 4.43. The van der Waals surface area contributed by atoms with Gasteiger partial charge in [-0.25, -0.2) is 12.8 Å². The van der Waals surface area contributed by atoms with Gasteiger partial charge in [-0.15, -0.1) is 0 Å². The monoisotopic (exact) mass is 338 g/mol. The third-order valence-electron chi connectivity index (χ3n) is 3.30. The summed E-state index contributed by atoms with van der Waals surface area (Å²) in [4.78, 5) is 11.9. The van der Waals surface area contributed by atoms with Gasteiger partial charge in [-0.1, -0.05) is 18.2 Å². The summed E-state index contributed by atoms with van der Waals surface area (Å²) in [7, 11) is -2.12. The minimum atomic E-state index is -3.73. The normalized spacial score (nSPS) is 11.3. The van der Waals surface area contributed by atoms with Crippen LogP contribution in [0.3, 0.4) is 0 Å². The van der Waals surface area contributed by atoms with Crippen molar-refractivity contribution in [3.05, 3.63) is 64.0 Å². The first kappa shape index (κ1) is 16.9. The molecular weight excluding hydrogens is 323 g/mol. The van der Waals surface area contributed by atoms with Crippen LogP contribution in [0.5, 0.6) is 0 Å². The molecule has 0 radical (unpaired) electrons. The van der Waals surface area contributed by atoms with Crippen LogP contribution >= 0.6 is 0 Å². The molecule has 0 bridgehead atoms. The first-order valence-electron chi connectivity index (χ1n) is 6.63. The summed E-state index contributed by atoms with van der Waals surface area (Å²) in [6, 6.07) is 9.88. The zero-order valence-corrected chi connectivity index (χ0v) is 13.4. The predicted octanol–water partition coefficient (Wildman–Crippen LogP) is 2.77. The van der Waals surface area contributed by atoms with Gasteiger partial charge in [0, 0.05) is 19.8 Å². The van der Waals surface area contributed by atoms with Crippen LogP contribution in [0.1, 0.15) is 5.56 Å². The van der Waals surface area contributed by atoms with Crippen LogP contribution in [0.4, 0.5) is 15.8 Å². The number of para-hydroxylation sites is 1. The van der Waals surface area contributed by atoms with Gasteiger partial charge in [0.15, 0.2) is 9.84 Å². The van der Waals surface area contributed by atoms with Crippen LogP contribution < -0.4 is 4.90 Å². The molecule has 0 aromatic heterocycles. The van der Waals surface area contributed by atoms with E-state index in [9.17, 15) is 22.9 Å². The molecule has 0 amide bonds. The lowest BCUT2D eigenvalue weighted by Gasteiger charge is -2.20. The Balaban J connectivity index is 2.46. The van der Waals surface area contributed by atoms with Gasteiger partial charge in [-0.05, 0) is 29.8 Å². The molecule has 0 aliphatic carbocycles. The van der Waals surface area contributed by atoms with Crippen molar-refractivity contribution in [3.63, 3.8) is 0 Å². The standard InChI is InChI=1S/C15H15FN2O4S/c1-17(10-11-6-8-12(16)9-7-11)13-4-3-5-14(23(2,21)22)15(13)18(19)20/h3-9H,10H2,1-2H3. The van der Waals surface area contributed by atoms with Gasteiger partial charge in [-0.2, -0.15) is 0 Å². The van der Waals surface area contributed by atoms with Gasteiger partial charge in [0.05, 0.1) is 4.92 Å². The average Bonchev–Trinajstić information content (AvgIpc) is 2.47. The lowest BCUT2D eigenvalue weighted by Crippen LogP contribution is -2.18. The molecule has 23 heavy (non-hydrogen) atoms. The maximum atomic E-state index is 12.9. The molecule has 0 aliphatic heterocycles. The van der Waals surface area contributed by atoms with E-state index < -0.39 is 20.4 Å². The van der Waals surface area contributed by atoms with Crippen LogP contribution in [0.25, 0.3) is 0 Å². The van der Waals surface area contributed by atoms with Gasteiger partial charge < -0.3 is 4.90 Å². The Kier molecular flexibility index (Phi) is 4.65. The molecule has 0 heterocycles. The highest BCUT2D eigenvalue weighted by Crippen LogP contribution is 2.34. The molecule has 0 spiro atoms. The molecule has 2 rings (SSSR count). The van der Waals surface area contributed by atoms with Crippen LogP contribution in [-0.4, -0.2) is 26.6 Å². The van der Waals surface area contributed by atoms with Crippen LogP contribution in [0.15, 0.2) is 47.4 Å². The summed E-state index contributed by atoms with van der Waals surface area (Å²) in [5, 5.41) is 11.4. The highest BCUT2D eigenvalue weighted by atomic mass is 32.2. The zero-order valence-electron chi connectivity index (χ0n) is 12.6. The molecule has 0 N–H and O–H groups in total. The van der Waals surface area contributed by atoms with E-state index in [0.29, 0.717) is 0 Å². The fourth-order valence-electron chi connectivity index (χ4n) is 2.25. The predicted molar refractivity (Wildman–Crippen MR) is 84.7 cm³/mol. The van der Waals surface area contributed by atoms with Crippen molar-refractivity contribution in [3.8, 4) is 0 Å². The molecule has 6 nitrogen and oxygen atoms in total. The highest BCUT2D eigenvalue weighted by Gasteiger charge is 2.27. The summed E-state index contributed by atoms with van der Waals surface area (Å²) >= 11 is 0. The Hall–Kier alpha value is -2.48. The van der Waals surface area contributed by atoms with E-state index in [1.807, 2.05) is 0 Å². The van der Waals surface area contributed by atoms with Gasteiger partial charge in [0.2, 0.25) is 0 Å². The second-order valence-electron chi connectivity index (χ2n) is 5.14. The largest absolute Gasteiger partial charge is 0.365 e. The van der Waals surface area contributed by atoms with Crippen LogP contribution in [-0.2, 0) is 16.4 Å². The van der Waals surface area contributed by atoms with E-state index in [1.165, 1.54) is 30.3 Å². The molecule has 2 aromatic rings. The first-order chi connectivity index (χ1) is 10.7. The molecule has 0 aliphatic rings. The molecule has 2 aromatic carbocycles. The second kappa shape index (κ2) is 6.33. The fraction of sp³-hybridized carbons (Fsp3) is 0.200. The third kappa shape index (κ3) is 3.84. The van der Waals surface area contributed by atoms with E-state index in [4.69, 9.17) is 0 Å². The highest BCUT2D eigenvalue weighted by molar-refractivity contribution is 7.90. The summed E-state index contributed by atoms with van der Waals surface area (Å²) < 4.78 is 36.5. The van der Waals surface area contributed by atoms with Gasteiger partial charge >= 0.3 is 5.69 Å². The van der Waals surface area contributed by atoms with E-state index in [0.717, 1.165) is 11.8 Å². The second-order valence-corrected chi connectivity index (χ2v) is 7.12. The number of nitro benzene ring substituents is 1. The van der Waals surface area contributed by atoms with Crippen LogP contribution in [0.2, 0.25) is 0 Å². The van der Waals surface area contributed by atoms with Crippen molar-refractivity contribution in [1.29, 1.82) is 0 Å². The number of rotatable bonds is 5. The SMILES string of the molecule is CN(Cc1ccc(F)cc1)c1cccc(S(C)(=O)=O)c1[N+](=O)[O-]. The summed E-state index contributed by atoms with van der Waals surface area (Å²) in [5.74, 6) is -0.374. The molecule has 122 valence electrons. The number of nitrogens with zero attached hydrogens (tertiary/aromatic N) is 2. The lowest BCUT2D eigenvalue weighted by molar-refractivity contribution is -0.387. The Bertz CT molecular complexity index is 835. The fourth-order valence-corrected chi connectivity index (χ4v) is 3.11. The van der Waals surface area contributed by atoms with Gasteiger partial charge in [0.25, 0.3) is 0 Å². The minimum absolute atomic E-state index is 0.183. The van der Waals surface area contributed by atoms with Gasteiger partial charge in [0.1, 0.15) is 16.4 Å². The quantitative estimate of drug-likeness (QED) is 0.618. The van der Waals surface area contributed by atoms with Crippen molar-refractivity contribution < 1.29 is 17.7 Å². The van der Waals surface area contributed by atoms with Crippen molar-refractivity contribution in [1.82, 2.24) is 0 Å². The number of nitro groups is 1. The molecule has 0 saturated carbocycles. The molecular formula is C15H15FN2O4S. The Morgan fingerprint density at radius 3 is 2.30 bits per heavy atom. The smallest absolute Gasteiger partial charge is 0.311 e. The Morgan fingerprint density at radius 2 is 1.78 bits per heavy atom. The first-order valence-corrected chi connectivity index (χ1v) is 8.52. The van der Waals surface area contributed by atoms with Crippen molar-refractivity contribution in [2.45, 2.75) is 11.4 Å². The topological polar surface area (TPSA) is 80.5 Å². The van der Waals surface area contributed by atoms with E-state index in [2.05, 4.69) is 0 Å². The maximum Gasteiger partial charge on any atom is 0.311 e. The van der Waals surface area contributed by atoms with E-state index >= 15 is 0 Å². The number of benzene rings is 2. The average molecular weight is 338 g/mol. The Labute approximate surface area is 133 Å². The van der Waals surface area contributed by atoms with Crippen LogP contribution in [0, 0.1) is 15.9 Å². The van der Waals surface area contributed by atoms with Crippen molar-refractivity contribution >= 4 is 21.2 Å². The molecule has 0 fully saturated rings. The number of sulfone groups is 1. The molecule has 0 saturated heterocycles. The number of hydrogen-bond donors (Lipinski definition) is 0. The number of anilines is 1. The van der Waals surface area contributed by atoms with Crippen molar-refractivity contribution in [2.75, 3.05) is 18.2 Å². The zero-order chi connectivity index (χ0) is 17.2. The summed E-state index contributed by atoms with van der Waals surface area (Å²) in [6.45, 7) is 0.272. The summed E-state index contributed by atoms with van der Waals surface area (Å²) in [5.41, 5.74) is 0.467. The summed E-state index contributed by atoms with van der Waals surface area (Å²) in [6.07, 6.45) is 0.930. The maximum absolute atomic E-state index is 12.9. The molecule has 0 atom stereocenters. The minimum Gasteiger partial charge on any atom is -0.365 e. The Morgan fingerprint density at radius 1 is 1.17 bits per heavy atom. The molecule has 0 unspecified atom stereocenters. The number of hydrogen-bond acceptors (Lipinski definition) is 5. The van der Waals surface area contributed by atoms with Gasteiger partial charge in [-0.3, -0.25) is 10.1 Å². The van der Waals surface area contributed by atoms with E-state index in [1.54, 1.807) is 24.1 Å².